The molecule has 2 heterocycles. The van der Waals surface area contributed by atoms with E-state index in [0.717, 1.165) is 38.0 Å². The minimum atomic E-state index is -0.0312. The van der Waals surface area contributed by atoms with E-state index in [9.17, 15) is 4.79 Å². The Morgan fingerprint density at radius 1 is 1.04 bits per heavy atom. The molecule has 4 rings (SSSR count). The van der Waals surface area contributed by atoms with Crippen LogP contribution in [0.4, 0.5) is 0 Å². The lowest BCUT2D eigenvalue weighted by molar-refractivity contribution is -0.120. The van der Waals surface area contributed by atoms with E-state index in [1.165, 1.54) is 0 Å². The maximum atomic E-state index is 12.3. The molecule has 0 aliphatic heterocycles. The van der Waals surface area contributed by atoms with E-state index in [1.54, 1.807) is 0 Å². The molecular weight excluding hydrogens is 392 g/mol. The molecule has 0 spiro atoms. The van der Waals surface area contributed by atoms with Crippen LogP contribution in [0.15, 0.2) is 75.8 Å². The van der Waals surface area contributed by atoms with Gasteiger partial charge in [-0.1, -0.05) is 46.3 Å². The predicted octanol–water partition coefficient (Wildman–Crippen LogP) is 5.05. The highest BCUT2D eigenvalue weighted by Crippen LogP contribution is 2.24. The number of hydrogen-bond acceptors (Lipinski definition) is 2. The third-order valence-electron chi connectivity index (χ3n) is 4.28. The number of benzene rings is 2. The van der Waals surface area contributed by atoms with Gasteiger partial charge in [0, 0.05) is 27.1 Å². The summed E-state index contributed by atoms with van der Waals surface area (Å²) in [5.74, 6) is 1.49. The number of fused-ring (bicyclic) bond motifs is 1. The largest absolute Gasteiger partial charge is 0.459 e. The third-order valence-corrected chi connectivity index (χ3v) is 4.80. The fraction of sp³-hybridized carbons (Fsp3) is 0.0952. The molecule has 4 aromatic rings. The molecule has 0 saturated carbocycles. The summed E-state index contributed by atoms with van der Waals surface area (Å²) in [6.45, 7) is 0.373. The number of rotatable bonds is 5. The van der Waals surface area contributed by atoms with Crippen LogP contribution in [0.3, 0.4) is 0 Å². The summed E-state index contributed by atoms with van der Waals surface area (Å²) in [7, 11) is 0. The van der Waals surface area contributed by atoms with E-state index in [4.69, 9.17) is 4.42 Å². The second-order valence-corrected chi connectivity index (χ2v) is 7.00. The lowest BCUT2D eigenvalue weighted by atomic mass is 10.1. The lowest BCUT2D eigenvalue weighted by Gasteiger charge is -2.03. The van der Waals surface area contributed by atoms with Crippen molar-refractivity contribution in [1.29, 1.82) is 0 Å². The molecule has 2 aromatic heterocycles. The van der Waals surface area contributed by atoms with Crippen molar-refractivity contribution in [3.8, 4) is 11.3 Å². The average molecular weight is 409 g/mol. The monoisotopic (exact) mass is 408 g/mol. The first kappa shape index (κ1) is 16.7. The number of carbonyl (C=O) groups excluding carboxylic acids is 1. The summed E-state index contributed by atoms with van der Waals surface area (Å²) in [6.07, 6.45) is 2.23. The van der Waals surface area contributed by atoms with Crippen molar-refractivity contribution in [1.82, 2.24) is 10.3 Å². The zero-order valence-electron chi connectivity index (χ0n) is 14.0. The van der Waals surface area contributed by atoms with E-state index in [2.05, 4.69) is 26.2 Å². The summed E-state index contributed by atoms with van der Waals surface area (Å²) < 4.78 is 6.85. The topological polar surface area (TPSA) is 58.0 Å². The van der Waals surface area contributed by atoms with Gasteiger partial charge in [0.2, 0.25) is 5.91 Å². The van der Waals surface area contributed by atoms with E-state index in [-0.39, 0.29) is 5.91 Å². The fourth-order valence-corrected chi connectivity index (χ4v) is 3.21. The summed E-state index contributed by atoms with van der Waals surface area (Å²) >= 11 is 3.42. The molecule has 0 aliphatic rings. The second kappa shape index (κ2) is 7.22. The van der Waals surface area contributed by atoms with Crippen LogP contribution in [0.1, 0.15) is 11.3 Å². The molecule has 0 unspecified atom stereocenters. The lowest BCUT2D eigenvalue weighted by Crippen LogP contribution is -2.24. The quantitative estimate of drug-likeness (QED) is 0.485. The van der Waals surface area contributed by atoms with Gasteiger partial charge < -0.3 is 14.7 Å². The van der Waals surface area contributed by atoms with Gasteiger partial charge >= 0.3 is 0 Å². The molecule has 1 amide bonds. The van der Waals surface area contributed by atoms with Crippen LogP contribution in [0.5, 0.6) is 0 Å². The van der Waals surface area contributed by atoms with Crippen molar-refractivity contribution in [2.24, 2.45) is 0 Å². The third kappa shape index (κ3) is 3.58. The van der Waals surface area contributed by atoms with E-state index in [1.807, 2.05) is 66.9 Å². The van der Waals surface area contributed by atoms with Crippen molar-refractivity contribution >= 4 is 32.7 Å². The molecule has 5 heteroatoms. The summed E-state index contributed by atoms with van der Waals surface area (Å²) in [6, 6.07) is 19.7. The van der Waals surface area contributed by atoms with Crippen LogP contribution in [-0.2, 0) is 17.8 Å². The van der Waals surface area contributed by atoms with Gasteiger partial charge in [-0.3, -0.25) is 4.79 Å². The number of aromatic amines is 1. The van der Waals surface area contributed by atoms with E-state index in [0.29, 0.717) is 13.0 Å². The Morgan fingerprint density at radius 3 is 2.69 bits per heavy atom. The van der Waals surface area contributed by atoms with Crippen molar-refractivity contribution in [3.63, 3.8) is 0 Å². The Labute approximate surface area is 159 Å². The van der Waals surface area contributed by atoms with Gasteiger partial charge in [0.1, 0.15) is 11.5 Å². The number of H-pyrrole nitrogens is 1. The fourth-order valence-electron chi connectivity index (χ4n) is 2.94. The molecule has 2 N–H and O–H groups in total. The molecule has 2 aromatic carbocycles. The van der Waals surface area contributed by atoms with Gasteiger partial charge in [-0.15, -0.1) is 0 Å². The molecule has 26 heavy (non-hydrogen) atoms. The van der Waals surface area contributed by atoms with Gasteiger partial charge in [0.05, 0.1) is 13.0 Å². The first-order valence-corrected chi connectivity index (χ1v) is 9.15. The molecule has 0 aliphatic carbocycles. The zero-order chi connectivity index (χ0) is 17.9. The minimum Gasteiger partial charge on any atom is -0.459 e. The standard InChI is InChI=1S/C21H17BrN2O2/c22-16-7-5-14(6-8-16)20-10-9-17(26-20)13-24-21(25)11-15-12-23-19-4-2-1-3-18(15)19/h1-10,12,23H,11,13H2,(H,24,25). The SMILES string of the molecule is O=C(Cc1c[nH]c2ccccc12)NCc1ccc(-c2ccc(Br)cc2)o1. The predicted molar refractivity (Wildman–Crippen MR) is 106 cm³/mol. The number of nitrogens with one attached hydrogen (secondary N) is 2. The molecule has 0 bridgehead atoms. The van der Waals surface area contributed by atoms with Crippen molar-refractivity contribution in [2.45, 2.75) is 13.0 Å². The minimum absolute atomic E-state index is 0.0312. The normalized spacial score (nSPS) is 11.0. The first-order valence-electron chi connectivity index (χ1n) is 8.35. The molecule has 130 valence electrons. The Balaban J connectivity index is 1.38. The van der Waals surface area contributed by atoms with Gasteiger partial charge in [0.15, 0.2) is 0 Å². The Hall–Kier alpha value is -2.79. The van der Waals surface area contributed by atoms with E-state index >= 15 is 0 Å². The maximum absolute atomic E-state index is 12.3. The smallest absolute Gasteiger partial charge is 0.224 e. The summed E-state index contributed by atoms with van der Waals surface area (Å²) in [5.41, 5.74) is 3.04. The first-order chi connectivity index (χ1) is 12.7. The molecule has 0 radical (unpaired) electrons. The summed E-state index contributed by atoms with van der Waals surface area (Å²) in [5, 5.41) is 4.00. The van der Waals surface area contributed by atoms with Crippen LogP contribution in [-0.4, -0.2) is 10.9 Å². The number of amides is 1. The number of carbonyl (C=O) groups is 1. The zero-order valence-corrected chi connectivity index (χ0v) is 15.5. The molecule has 0 saturated heterocycles. The number of hydrogen-bond donors (Lipinski definition) is 2. The highest BCUT2D eigenvalue weighted by molar-refractivity contribution is 9.10. The van der Waals surface area contributed by atoms with Crippen LogP contribution in [0, 0.1) is 0 Å². The second-order valence-electron chi connectivity index (χ2n) is 6.09. The van der Waals surface area contributed by atoms with Crippen molar-refractivity contribution in [2.75, 3.05) is 0 Å². The van der Waals surface area contributed by atoms with Gasteiger partial charge in [-0.25, -0.2) is 0 Å². The average Bonchev–Trinajstić information content (AvgIpc) is 3.28. The Kier molecular flexibility index (Phi) is 4.63. The van der Waals surface area contributed by atoms with Crippen molar-refractivity contribution in [3.05, 3.63) is 82.7 Å². The molecule has 0 fully saturated rings. The highest BCUT2D eigenvalue weighted by Gasteiger charge is 2.10. The number of halogens is 1. The highest BCUT2D eigenvalue weighted by atomic mass is 79.9. The number of furan rings is 1. The van der Waals surface area contributed by atoms with Gasteiger partial charge in [0.25, 0.3) is 0 Å². The molecular formula is C21H17BrN2O2. The summed E-state index contributed by atoms with van der Waals surface area (Å²) in [4.78, 5) is 15.5. The van der Waals surface area contributed by atoms with Crippen LogP contribution in [0.2, 0.25) is 0 Å². The van der Waals surface area contributed by atoms with Crippen LogP contribution < -0.4 is 5.32 Å². The van der Waals surface area contributed by atoms with Crippen molar-refractivity contribution < 1.29 is 9.21 Å². The Bertz CT molecular complexity index is 1050. The Morgan fingerprint density at radius 2 is 1.85 bits per heavy atom. The van der Waals surface area contributed by atoms with Crippen LogP contribution in [0.25, 0.3) is 22.2 Å². The molecule has 0 atom stereocenters. The number of aromatic nitrogens is 1. The maximum Gasteiger partial charge on any atom is 0.224 e. The molecule has 4 nitrogen and oxygen atoms in total. The van der Waals surface area contributed by atoms with Gasteiger partial charge in [-0.05, 0) is 35.9 Å². The van der Waals surface area contributed by atoms with E-state index < -0.39 is 0 Å². The van der Waals surface area contributed by atoms with Crippen LogP contribution >= 0.6 is 15.9 Å². The number of para-hydroxylation sites is 1. The van der Waals surface area contributed by atoms with Gasteiger partial charge in [-0.2, -0.15) is 0 Å².